The first-order chi connectivity index (χ1) is 12.2. The number of ether oxygens (including phenoxy) is 1. The second-order valence-electron chi connectivity index (χ2n) is 5.82. The molecule has 1 N–H and O–H groups in total. The average Bonchev–Trinajstić information content (AvgIpc) is 2.67. The lowest BCUT2D eigenvalue weighted by molar-refractivity contribution is 0.194. The van der Waals surface area contributed by atoms with Crippen LogP contribution >= 0.6 is 0 Å². The smallest absolute Gasteiger partial charge is 0.317 e. The summed E-state index contributed by atoms with van der Waals surface area (Å²) in [6, 6.07) is 9.99. The molecule has 1 fully saturated rings. The molecule has 1 aromatic carbocycles. The Morgan fingerprint density at radius 3 is 2.48 bits per heavy atom. The molecule has 0 saturated carbocycles. The van der Waals surface area contributed by atoms with E-state index in [9.17, 15) is 9.18 Å². The number of urea groups is 1. The van der Waals surface area contributed by atoms with Crippen molar-refractivity contribution in [3.8, 4) is 5.88 Å². The number of nitrogens with one attached hydrogen (secondary N) is 1. The molecule has 0 bridgehead atoms. The number of anilines is 1. The number of halogens is 1. The normalized spacial score (nSPS) is 14.3. The Kier molecular flexibility index (Phi) is 5.33. The van der Waals surface area contributed by atoms with Crippen molar-refractivity contribution in [3.63, 3.8) is 0 Å². The van der Waals surface area contributed by atoms with Crippen LogP contribution in [0.15, 0.2) is 42.6 Å². The fraction of sp³-hybridized carbons (Fsp3) is 0.333. The van der Waals surface area contributed by atoms with E-state index < -0.39 is 0 Å². The van der Waals surface area contributed by atoms with Crippen molar-refractivity contribution in [2.45, 2.75) is 6.54 Å². The lowest BCUT2D eigenvalue weighted by atomic mass is 10.2. The van der Waals surface area contributed by atoms with Gasteiger partial charge < -0.3 is 19.9 Å². The van der Waals surface area contributed by atoms with Gasteiger partial charge in [0, 0.05) is 50.7 Å². The van der Waals surface area contributed by atoms with E-state index in [1.54, 1.807) is 36.4 Å². The molecule has 132 valence electrons. The highest BCUT2D eigenvalue weighted by Gasteiger charge is 2.21. The van der Waals surface area contributed by atoms with Crippen molar-refractivity contribution >= 4 is 11.7 Å². The summed E-state index contributed by atoms with van der Waals surface area (Å²) in [5, 5.41) is 2.91. The van der Waals surface area contributed by atoms with Gasteiger partial charge in [0.15, 0.2) is 0 Å². The lowest BCUT2D eigenvalue weighted by Crippen LogP contribution is -2.51. The van der Waals surface area contributed by atoms with Crippen LogP contribution in [-0.4, -0.2) is 49.2 Å². The second-order valence-corrected chi connectivity index (χ2v) is 5.82. The highest BCUT2D eigenvalue weighted by atomic mass is 19.1. The maximum absolute atomic E-state index is 13.0. The van der Waals surface area contributed by atoms with E-state index in [1.807, 2.05) is 6.07 Å². The number of carbonyl (C=O) groups is 1. The van der Waals surface area contributed by atoms with Crippen LogP contribution in [0.5, 0.6) is 5.88 Å². The number of pyridine rings is 1. The molecule has 0 radical (unpaired) electrons. The minimum atomic E-state index is -0.241. The summed E-state index contributed by atoms with van der Waals surface area (Å²) < 4.78 is 18.0. The molecule has 1 aromatic heterocycles. The zero-order valence-electron chi connectivity index (χ0n) is 14.1. The topological polar surface area (TPSA) is 57.7 Å². The van der Waals surface area contributed by atoms with Gasteiger partial charge in [0.2, 0.25) is 5.88 Å². The molecule has 1 aliphatic heterocycles. The third-order valence-electron chi connectivity index (χ3n) is 4.21. The quantitative estimate of drug-likeness (QED) is 0.924. The molecular formula is C18H21FN4O2. The zero-order chi connectivity index (χ0) is 17.6. The minimum Gasteiger partial charge on any atom is -0.481 e. The number of aromatic nitrogens is 1. The third-order valence-corrected chi connectivity index (χ3v) is 4.21. The fourth-order valence-corrected chi connectivity index (χ4v) is 2.75. The van der Waals surface area contributed by atoms with Crippen LogP contribution in [0.25, 0.3) is 0 Å². The Hall–Kier alpha value is -2.83. The maximum atomic E-state index is 13.0. The van der Waals surface area contributed by atoms with Gasteiger partial charge in [-0.1, -0.05) is 6.07 Å². The third kappa shape index (κ3) is 4.37. The minimum absolute atomic E-state index is 0.0884. The van der Waals surface area contributed by atoms with E-state index in [0.29, 0.717) is 25.5 Å². The summed E-state index contributed by atoms with van der Waals surface area (Å²) in [7, 11) is 1.56. The van der Waals surface area contributed by atoms with Crippen molar-refractivity contribution in [2.24, 2.45) is 0 Å². The van der Waals surface area contributed by atoms with Crippen LogP contribution in [0, 0.1) is 5.82 Å². The van der Waals surface area contributed by atoms with E-state index in [-0.39, 0.29) is 11.8 Å². The predicted octanol–water partition coefficient (Wildman–Crippen LogP) is 2.26. The highest BCUT2D eigenvalue weighted by molar-refractivity contribution is 5.74. The van der Waals surface area contributed by atoms with Gasteiger partial charge in [-0.2, -0.15) is 0 Å². The number of hydrogen-bond donors (Lipinski definition) is 1. The lowest BCUT2D eigenvalue weighted by Gasteiger charge is -2.36. The number of carbonyl (C=O) groups excluding carboxylic acids is 1. The van der Waals surface area contributed by atoms with Crippen LogP contribution in [0.3, 0.4) is 0 Å². The van der Waals surface area contributed by atoms with Crippen LogP contribution in [0.2, 0.25) is 0 Å². The van der Waals surface area contributed by atoms with E-state index in [4.69, 9.17) is 4.74 Å². The van der Waals surface area contributed by atoms with Gasteiger partial charge in [0.1, 0.15) is 5.82 Å². The highest BCUT2D eigenvalue weighted by Crippen LogP contribution is 2.17. The number of rotatable bonds is 4. The Morgan fingerprint density at radius 1 is 1.16 bits per heavy atom. The first-order valence-corrected chi connectivity index (χ1v) is 8.18. The Bertz CT molecular complexity index is 698. The summed E-state index contributed by atoms with van der Waals surface area (Å²) in [4.78, 5) is 20.3. The van der Waals surface area contributed by atoms with Gasteiger partial charge >= 0.3 is 6.03 Å². The predicted molar refractivity (Wildman–Crippen MR) is 93.2 cm³/mol. The van der Waals surface area contributed by atoms with E-state index in [1.165, 1.54) is 12.1 Å². The van der Waals surface area contributed by atoms with Crippen molar-refractivity contribution in [1.29, 1.82) is 0 Å². The molecule has 25 heavy (non-hydrogen) atoms. The summed E-state index contributed by atoms with van der Waals surface area (Å²) in [6.45, 7) is 3.13. The van der Waals surface area contributed by atoms with Crippen molar-refractivity contribution < 1.29 is 13.9 Å². The SMILES string of the molecule is COc1ccc(CNC(=O)N2CCN(c3ccc(F)cc3)CC2)cn1. The summed E-state index contributed by atoms with van der Waals surface area (Å²) >= 11 is 0. The van der Waals surface area contributed by atoms with Gasteiger partial charge in [-0.15, -0.1) is 0 Å². The fourth-order valence-electron chi connectivity index (χ4n) is 2.75. The summed E-state index contributed by atoms with van der Waals surface area (Å²) in [6.07, 6.45) is 1.69. The molecule has 0 aliphatic carbocycles. The van der Waals surface area contributed by atoms with Gasteiger partial charge in [0.25, 0.3) is 0 Å². The van der Waals surface area contributed by atoms with Gasteiger partial charge in [-0.05, 0) is 29.8 Å². The summed E-state index contributed by atoms with van der Waals surface area (Å²) in [5.41, 5.74) is 1.89. The molecule has 6 nitrogen and oxygen atoms in total. The molecule has 2 amide bonds. The number of nitrogens with zero attached hydrogens (tertiary/aromatic N) is 3. The van der Waals surface area contributed by atoms with Crippen LogP contribution in [-0.2, 0) is 6.54 Å². The zero-order valence-corrected chi connectivity index (χ0v) is 14.1. The second kappa shape index (κ2) is 7.83. The molecule has 2 aromatic rings. The monoisotopic (exact) mass is 344 g/mol. The van der Waals surface area contributed by atoms with Crippen molar-refractivity contribution in [2.75, 3.05) is 38.2 Å². The molecule has 7 heteroatoms. The number of methoxy groups -OCH3 is 1. The van der Waals surface area contributed by atoms with Crippen molar-refractivity contribution in [1.82, 2.24) is 15.2 Å². The Balaban J connectivity index is 1.47. The Morgan fingerprint density at radius 2 is 1.88 bits per heavy atom. The summed E-state index contributed by atoms with van der Waals surface area (Å²) in [5.74, 6) is 0.307. The largest absolute Gasteiger partial charge is 0.481 e. The van der Waals surface area contributed by atoms with Crippen molar-refractivity contribution in [3.05, 3.63) is 54.0 Å². The molecule has 2 heterocycles. The number of hydrogen-bond acceptors (Lipinski definition) is 4. The molecule has 1 aliphatic rings. The molecule has 3 rings (SSSR count). The molecular weight excluding hydrogens is 323 g/mol. The maximum Gasteiger partial charge on any atom is 0.317 e. The first kappa shape index (κ1) is 17.0. The molecule has 0 spiro atoms. The van der Waals surface area contributed by atoms with Crippen LogP contribution < -0.4 is 15.0 Å². The number of amides is 2. The average molecular weight is 344 g/mol. The first-order valence-electron chi connectivity index (χ1n) is 8.18. The van der Waals surface area contributed by atoms with E-state index in [0.717, 1.165) is 24.3 Å². The van der Waals surface area contributed by atoms with Crippen LogP contribution in [0.1, 0.15) is 5.56 Å². The van der Waals surface area contributed by atoms with Gasteiger partial charge in [-0.25, -0.2) is 14.2 Å². The molecule has 0 atom stereocenters. The molecule has 0 unspecified atom stereocenters. The van der Waals surface area contributed by atoms with E-state index in [2.05, 4.69) is 15.2 Å². The number of benzene rings is 1. The number of piperazine rings is 1. The van der Waals surface area contributed by atoms with Crippen LogP contribution in [0.4, 0.5) is 14.9 Å². The van der Waals surface area contributed by atoms with Gasteiger partial charge in [-0.3, -0.25) is 0 Å². The molecule has 1 saturated heterocycles. The van der Waals surface area contributed by atoms with Gasteiger partial charge in [0.05, 0.1) is 7.11 Å². The van der Waals surface area contributed by atoms with E-state index >= 15 is 0 Å². The Labute approximate surface area is 146 Å². The standard InChI is InChI=1S/C18H21FN4O2/c1-25-17-7-2-14(12-20-17)13-21-18(24)23-10-8-22(9-11-23)16-5-3-15(19)4-6-16/h2-7,12H,8-11,13H2,1H3,(H,21,24).